The first-order chi connectivity index (χ1) is 6.60. The number of aromatic carboxylic acids is 1. The van der Waals surface area contributed by atoms with Gasteiger partial charge in [-0.05, 0) is 17.7 Å². The fraction of sp³-hybridized carbons (Fsp3) is 0.111. The molecule has 0 saturated heterocycles. The summed E-state index contributed by atoms with van der Waals surface area (Å²) >= 11 is 0. The van der Waals surface area contributed by atoms with Crippen molar-refractivity contribution in [2.75, 3.05) is 0 Å². The highest BCUT2D eigenvalue weighted by Gasteiger charge is 2.12. The molecule has 4 N–H and O–H groups in total. The van der Waals surface area contributed by atoms with Gasteiger partial charge in [-0.15, -0.1) is 0 Å². The number of nitrogens with zero attached hydrogens (tertiary/aromatic N) is 1. The molecule has 1 aromatic rings. The summed E-state index contributed by atoms with van der Waals surface area (Å²) in [4.78, 5) is 10.6. The highest BCUT2D eigenvalue weighted by molar-refractivity contribution is 5.88. The van der Waals surface area contributed by atoms with Crippen LogP contribution < -0.4 is 5.73 Å². The predicted octanol–water partition coefficient (Wildman–Crippen LogP) is 0.421. The second kappa shape index (κ2) is 3.77. The smallest absolute Gasteiger partial charge is 0.335 e. The Labute approximate surface area is 80.0 Å². The molecule has 0 fully saturated rings. The number of nitriles is 1. The van der Waals surface area contributed by atoms with Crippen molar-refractivity contribution in [2.45, 2.75) is 6.54 Å². The maximum Gasteiger partial charge on any atom is 0.335 e. The van der Waals surface area contributed by atoms with E-state index in [-0.39, 0.29) is 23.4 Å². The van der Waals surface area contributed by atoms with Crippen molar-refractivity contribution < 1.29 is 15.0 Å². The van der Waals surface area contributed by atoms with Crippen LogP contribution in [0.4, 0.5) is 0 Å². The van der Waals surface area contributed by atoms with Crippen molar-refractivity contribution in [2.24, 2.45) is 5.73 Å². The van der Waals surface area contributed by atoms with Gasteiger partial charge in [0.2, 0.25) is 0 Å². The number of carboxylic acid groups (broad SMARTS) is 1. The Morgan fingerprint density at radius 2 is 2.21 bits per heavy atom. The first-order valence-corrected chi connectivity index (χ1v) is 3.79. The molecule has 0 saturated carbocycles. The zero-order chi connectivity index (χ0) is 10.7. The van der Waals surface area contributed by atoms with Gasteiger partial charge in [0.15, 0.2) is 0 Å². The summed E-state index contributed by atoms with van der Waals surface area (Å²) in [6, 6.07) is 4.06. The van der Waals surface area contributed by atoms with E-state index in [9.17, 15) is 9.90 Å². The van der Waals surface area contributed by atoms with E-state index in [1.54, 1.807) is 6.07 Å². The fourth-order valence-electron chi connectivity index (χ4n) is 1.10. The summed E-state index contributed by atoms with van der Waals surface area (Å²) in [5.74, 6) is -1.52. The van der Waals surface area contributed by atoms with E-state index in [0.29, 0.717) is 5.56 Å². The van der Waals surface area contributed by atoms with E-state index in [1.165, 1.54) is 6.07 Å². The molecule has 0 atom stereocenters. The third kappa shape index (κ3) is 1.65. The molecule has 0 aliphatic carbocycles. The zero-order valence-corrected chi connectivity index (χ0v) is 7.19. The van der Waals surface area contributed by atoms with Crippen LogP contribution >= 0.6 is 0 Å². The molecular formula is C9H8N2O3. The lowest BCUT2D eigenvalue weighted by Gasteiger charge is -2.04. The maximum absolute atomic E-state index is 10.6. The standard InChI is InChI=1S/C9H8N2O3/c10-3-6-1-5(9(13)14)2-8(12)7(6)4-11/h1-2,12H,3,10H2,(H,13,14). The first-order valence-electron chi connectivity index (χ1n) is 3.79. The molecular weight excluding hydrogens is 184 g/mol. The molecule has 0 unspecified atom stereocenters. The average Bonchev–Trinajstić information content (AvgIpc) is 2.16. The van der Waals surface area contributed by atoms with Gasteiger partial charge >= 0.3 is 5.97 Å². The number of benzene rings is 1. The van der Waals surface area contributed by atoms with Gasteiger partial charge in [-0.1, -0.05) is 0 Å². The number of carboxylic acids is 1. The molecule has 0 bridgehead atoms. The van der Waals surface area contributed by atoms with Gasteiger partial charge in [-0.2, -0.15) is 5.26 Å². The third-order valence-corrected chi connectivity index (χ3v) is 1.78. The molecule has 0 spiro atoms. The van der Waals surface area contributed by atoms with Crippen molar-refractivity contribution in [1.82, 2.24) is 0 Å². The van der Waals surface area contributed by atoms with Crippen molar-refractivity contribution >= 4 is 5.97 Å². The highest BCUT2D eigenvalue weighted by atomic mass is 16.4. The molecule has 72 valence electrons. The van der Waals surface area contributed by atoms with E-state index in [1.807, 2.05) is 0 Å². The summed E-state index contributed by atoms with van der Waals surface area (Å²) in [6.07, 6.45) is 0. The number of hydrogen-bond donors (Lipinski definition) is 3. The number of phenolic OH excluding ortho intramolecular Hbond substituents is 1. The van der Waals surface area contributed by atoms with E-state index in [0.717, 1.165) is 6.07 Å². The number of nitrogens with two attached hydrogens (primary N) is 1. The summed E-state index contributed by atoms with van der Waals surface area (Å²) in [7, 11) is 0. The molecule has 0 aliphatic rings. The number of rotatable bonds is 2. The van der Waals surface area contributed by atoms with Crippen LogP contribution in [-0.2, 0) is 6.54 Å². The molecule has 0 radical (unpaired) electrons. The minimum absolute atomic E-state index is 0.0115. The molecule has 0 amide bonds. The Morgan fingerprint density at radius 3 is 2.64 bits per heavy atom. The van der Waals surface area contributed by atoms with Gasteiger partial charge in [0.1, 0.15) is 11.8 Å². The van der Waals surface area contributed by atoms with Gasteiger partial charge in [0.05, 0.1) is 11.1 Å². The second-order valence-electron chi connectivity index (χ2n) is 2.65. The molecule has 5 nitrogen and oxygen atoms in total. The lowest BCUT2D eigenvalue weighted by Crippen LogP contribution is -2.04. The van der Waals surface area contributed by atoms with Crippen molar-refractivity contribution in [3.8, 4) is 11.8 Å². The monoisotopic (exact) mass is 192 g/mol. The Hall–Kier alpha value is -2.06. The van der Waals surface area contributed by atoms with Crippen LogP contribution in [-0.4, -0.2) is 16.2 Å². The largest absolute Gasteiger partial charge is 0.507 e. The minimum Gasteiger partial charge on any atom is -0.507 e. The summed E-state index contributed by atoms with van der Waals surface area (Å²) < 4.78 is 0. The van der Waals surface area contributed by atoms with Gasteiger partial charge in [0.25, 0.3) is 0 Å². The zero-order valence-electron chi connectivity index (χ0n) is 7.19. The highest BCUT2D eigenvalue weighted by Crippen LogP contribution is 2.22. The van der Waals surface area contributed by atoms with Crippen LogP contribution in [0.1, 0.15) is 21.5 Å². The predicted molar refractivity (Wildman–Crippen MR) is 47.7 cm³/mol. The van der Waals surface area contributed by atoms with E-state index in [4.69, 9.17) is 16.1 Å². The lowest BCUT2D eigenvalue weighted by atomic mass is 10.0. The Morgan fingerprint density at radius 1 is 1.57 bits per heavy atom. The Kier molecular flexibility index (Phi) is 2.70. The summed E-state index contributed by atoms with van der Waals surface area (Å²) in [5, 5.41) is 26.6. The van der Waals surface area contributed by atoms with Crippen LogP contribution in [0.15, 0.2) is 12.1 Å². The first kappa shape index (κ1) is 10.0. The third-order valence-electron chi connectivity index (χ3n) is 1.78. The Bertz CT molecular complexity index is 421. The van der Waals surface area contributed by atoms with E-state index >= 15 is 0 Å². The van der Waals surface area contributed by atoms with Gasteiger partial charge in [0, 0.05) is 6.54 Å². The van der Waals surface area contributed by atoms with Crippen LogP contribution in [0.2, 0.25) is 0 Å². The lowest BCUT2D eigenvalue weighted by molar-refractivity contribution is 0.0696. The SMILES string of the molecule is N#Cc1c(O)cc(C(=O)O)cc1CN. The average molecular weight is 192 g/mol. The summed E-state index contributed by atoms with van der Waals surface area (Å²) in [6.45, 7) is 0.0115. The van der Waals surface area contributed by atoms with Gasteiger partial charge in [-0.25, -0.2) is 4.79 Å². The number of aromatic hydroxyl groups is 1. The molecule has 1 aromatic carbocycles. The van der Waals surface area contributed by atoms with Crippen molar-refractivity contribution in [1.29, 1.82) is 5.26 Å². The normalized spacial score (nSPS) is 9.43. The van der Waals surface area contributed by atoms with Crippen LogP contribution in [0.25, 0.3) is 0 Å². The van der Waals surface area contributed by atoms with Crippen LogP contribution in [0.5, 0.6) is 5.75 Å². The second-order valence-corrected chi connectivity index (χ2v) is 2.65. The molecule has 1 rings (SSSR count). The number of carbonyl (C=O) groups is 1. The summed E-state index contributed by atoms with van der Waals surface area (Å²) in [5.41, 5.74) is 5.58. The maximum atomic E-state index is 10.6. The van der Waals surface area contributed by atoms with E-state index in [2.05, 4.69) is 0 Å². The topological polar surface area (TPSA) is 107 Å². The molecule has 5 heteroatoms. The van der Waals surface area contributed by atoms with Gasteiger partial charge < -0.3 is 15.9 Å². The molecule has 0 aliphatic heterocycles. The van der Waals surface area contributed by atoms with Crippen LogP contribution in [0, 0.1) is 11.3 Å². The molecule has 0 aromatic heterocycles. The Balaban J connectivity index is 3.40. The van der Waals surface area contributed by atoms with Gasteiger partial charge in [-0.3, -0.25) is 0 Å². The van der Waals surface area contributed by atoms with Crippen LogP contribution in [0.3, 0.4) is 0 Å². The van der Waals surface area contributed by atoms with Crippen molar-refractivity contribution in [3.63, 3.8) is 0 Å². The molecule has 0 heterocycles. The molecule has 14 heavy (non-hydrogen) atoms. The number of phenols is 1. The van der Waals surface area contributed by atoms with E-state index < -0.39 is 5.97 Å². The fourth-order valence-corrected chi connectivity index (χ4v) is 1.10. The minimum atomic E-state index is -1.17. The number of hydrogen-bond acceptors (Lipinski definition) is 4. The quantitative estimate of drug-likeness (QED) is 0.629. The van der Waals surface area contributed by atoms with Crippen molar-refractivity contribution in [3.05, 3.63) is 28.8 Å².